The van der Waals surface area contributed by atoms with Crippen LogP contribution in [0.1, 0.15) is 297 Å². The van der Waals surface area contributed by atoms with Crippen molar-refractivity contribution >= 4 is 17.9 Å². The minimum atomic E-state index is -0.767. The summed E-state index contributed by atoms with van der Waals surface area (Å²) in [4.78, 5) is 37.9. The van der Waals surface area contributed by atoms with Gasteiger partial charge in [0.2, 0.25) is 0 Å². The van der Waals surface area contributed by atoms with E-state index in [4.69, 9.17) is 14.2 Å². The smallest absolute Gasteiger partial charge is 0.306 e. The van der Waals surface area contributed by atoms with Gasteiger partial charge in [0, 0.05) is 19.3 Å². The molecule has 384 valence electrons. The molecular weight excluding hydrogens is 817 g/mol. The van der Waals surface area contributed by atoms with Crippen LogP contribution in [0.3, 0.4) is 0 Å². The Morgan fingerprint density at radius 3 is 0.924 bits per heavy atom. The largest absolute Gasteiger partial charge is 0.462 e. The van der Waals surface area contributed by atoms with Crippen molar-refractivity contribution in [3.05, 3.63) is 48.6 Å². The Balaban J connectivity index is 4.09. The normalized spacial score (nSPS) is 12.3. The van der Waals surface area contributed by atoms with Gasteiger partial charge in [-0.2, -0.15) is 0 Å². The highest BCUT2D eigenvalue weighted by Gasteiger charge is 2.19. The fraction of sp³-hybridized carbons (Fsp3) is 0.817. The SMILES string of the molecule is CC/C=C\C/C=C\C/C=C\C/C=C\CCCCCCCCCCCCCCC(=O)OCC(COC(=O)CCCCCCCC)OC(=O)CCCCCCCCCCCCCCCCCCC. The highest BCUT2D eigenvalue weighted by molar-refractivity contribution is 5.71. The molecule has 0 aliphatic heterocycles. The number of hydrogen-bond donors (Lipinski definition) is 0. The van der Waals surface area contributed by atoms with E-state index in [1.54, 1.807) is 0 Å². The van der Waals surface area contributed by atoms with Gasteiger partial charge in [-0.05, 0) is 57.8 Å². The van der Waals surface area contributed by atoms with Gasteiger partial charge in [0.15, 0.2) is 6.10 Å². The van der Waals surface area contributed by atoms with Gasteiger partial charge in [-0.15, -0.1) is 0 Å². The summed E-state index contributed by atoms with van der Waals surface area (Å²) in [6.07, 6.45) is 67.1. The second kappa shape index (κ2) is 55.0. The van der Waals surface area contributed by atoms with Crippen molar-refractivity contribution in [2.24, 2.45) is 0 Å². The molecule has 0 aliphatic rings. The number of unbranched alkanes of at least 4 members (excludes halogenated alkanes) is 33. The van der Waals surface area contributed by atoms with E-state index in [0.717, 1.165) is 83.5 Å². The van der Waals surface area contributed by atoms with Crippen LogP contribution in [0, 0.1) is 0 Å². The lowest BCUT2D eigenvalue weighted by atomic mass is 10.0. The van der Waals surface area contributed by atoms with E-state index in [-0.39, 0.29) is 31.1 Å². The van der Waals surface area contributed by atoms with Crippen molar-refractivity contribution in [1.82, 2.24) is 0 Å². The zero-order valence-corrected chi connectivity index (χ0v) is 44.0. The quantitative estimate of drug-likeness (QED) is 0.0262. The average molecular weight is 926 g/mol. The molecule has 0 saturated heterocycles. The van der Waals surface area contributed by atoms with E-state index in [0.29, 0.717) is 19.3 Å². The summed E-state index contributed by atoms with van der Waals surface area (Å²) < 4.78 is 16.8. The van der Waals surface area contributed by atoms with Crippen LogP contribution < -0.4 is 0 Å². The van der Waals surface area contributed by atoms with Crippen LogP contribution in [0.4, 0.5) is 0 Å². The van der Waals surface area contributed by atoms with Gasteiger partial charge in [-0.3, -0.25) is 14.4 Å². The van der Waals surface area contributed by atoms with Crippen LogP contribution in [0.5, 0.6) is 0 Å². The zero-order chi connectivity index (χ0) is 47.9. The Hall–Kier alpha value is -2.63. The average Bonchev–Trinajstić information content (AvgIpc) is 3.31. The molecule has 1 unspecified atom stereocenters. The van der Waals surface area contributed by atoms with E-state index >= 15 is 0 Å². The molecule has 66 heavy (non-hydrogen) atoms. The summed E-state index contributed by atoms with van der Waals surface area (Å²) in [5.74, 6) is -0.867. The summed E-state index contributed by atoms with van der Waals surface area (Å²) in [7, 11) is 0. The number of carbonyl (C=O) groups is 3. The van der Waals surface area contributed by atoms with Crippen molar-refractivity contribution < 1.29 is 28.6 Å². The molecule has 0 fully saturated rings. The second-order valence-electron chi connectivity index (χ2n) is 19.2. The molecule has 0 spiro atoms. The molecule has 0 radical (unpaired) electrons. The van der Waals surface area contributed by atoms with Gasteiger partial charge in [-0.25, -0.2) is 0 Å². The molecule has 0 amide bonds. The van der Waals surface area contributed by atoms with Gasteiger partial charge >= 0.3 is 17.9 Å². The number of ether oxygens (including phenoxy) is 3. The minimum absolute atomic E-state index is 0.0700. The predicted molar refractivity (Wildman–Crippen MR) is 284 cm³/mol. The molecule has 0 aromatic carbocycles. The first-order valence-corrected chi connectivity index (χ1v) is 28.6. The molecule has 0 heterocycles. The van der Waals surface area contributed by atoms with E-state index < -0.39 is 6.10 Å². The van der Waals surface area contributed by atoms with Gasteiger partial charge in [0.25, 0.3) is 0 Å². The Labute approximate surface area is 409 Å². The van der Waals surface area contributed by atoms with E-state index in [1.165, 1.54) is 173 Å². The van der Waals surface area contributed by atoms with Crippen molar-refractivity contribution in [1.29, 1.82) is 0 Å². The molecule has 0 aromatic heterocycles. The maximum atomic E-state index is 12.8. The topological polar surface area (TPSA) is 78.9 Å². The summed E-state index contributed by atoms with van der Waals surface area (Å²) in [6, 6.07) is 0. The van der Waals surface area contributed by atoms with E-state index in [9.17, 15) is 14.4 Å². The van der Waals surface area contributed by atoms with Crippen molar-refractivity contribution in [3.8, 4) is 0 Å². The van der Waals surface area contributed by atoms with Crippen LogP contribution in [0.25, 0.3) is 0 Å². The van der Waals surface area contributed by atoms with Crippen LogP contribution in [-0.2, 0) is 28.6 Å². The number of carbonyl (C=O) groups excluding carboxylic acids is 3. The fourth-order valence-corrected chi connectivity index (χ4v) is 8.32. The molecular formula is C60H108O6. The number of hydrogen-bond acceptors (Lipinski definition) is 6. The Kier molecular flexibility index (Phi) is 52.8. The lowest BCUT2D eigenvalue weighted by Gasteiger charge is -2.18. The third-order valence-corrected chi connectivity index (χ3v) is 12.6. The molecule has 0 saturated carbocycles. The summed E-state index contributed by atoms with van der Waals surface area (Å²) >= 11 is 0. The van der Waals surface area contributed by atoms with Crippen LogP contribution in [0.15, 0.2) is 48.6 Å². The van der Waals surface area contributed by atoms with Crippen molar-refractivity contribution in [2.45, 2.75) is 303 Å². The molecule has 0 rings (SSSR count). The fourth-order valence-electron chi connectivity index (χ4n) is 8.32. The van der Waals surface area contributed by atoms with Gasteiger partial charge in [0.1, 0.15) is 13.2 Å². The summed E-state index contributed by atoms with van der Waals surface area (Å²) in [5.41, 5.74) is 0. The van der Waals surface area contributed by atoms with Crippen molar-refractivity contribution in [2.75, 3.05) is 13.2 Å². The molecule has 1 atom stereocenters. The molecule has 0 aliphatic carbocycles. The number of esters is 3. The molecule has 0 aromatic rings. The molecule has 6 heteroatoms. The standard InChI is InChI=1S/C60H108O6/c1-4-7-10-13-16-18-20-22-24-26-27-28-29-30-31-32-33-35-36-38-40-42-44-47-50-53-59(62)65-56-57(55-64-58(61)52-49-46-15-12-9-6-3)66-60(63)54-51-48-45-43-41-39-37-34-25-23-21-19-17-14-11-8-5-2/h7,10,16,18,22,24,27-28,57H,4-6,8-9,11-15,17,19-21,23,25-26,29-56H2,1-3H3/b10-7-,18-16-,24-22-,28-27-. The van der Waals surface area contributed by atoms with Crippen LogP contribution in [0.2, 0.25) is 0 Å². The second-order valence-corrected chi connectivity index (χ2v) is 19.2. The molecule has 0 N–H and O–H groups in total. The van der Waals surface area contributed by atoms with Gasteiger partial charge in [-0.1, -0.05) is 268 Å². The summed E-state index contributed by atoms with van der Waals surface area (Å²) in [6.45, 7) is 6.50. The first-order valence-electron chi connectivity index (χ1n) is 28.6. The lowest BCUT2D eigenvalue weighted by molar-refractivity contribution is -0.167. The van der Waals surface area contributed by atoms with Crippen molar-refractivity contribution in [3.63, 3.8) is 0 Å². The van der Waals surface area contributed by atoms with Gasteiger partial charge in [0.05, 0.1) is 0 Å². The highest BCUT2D eigenvalue weighted by Crippen LogP contribution is 2.17. The maximum Gasteiger partial charge on any atom is 0.306 e. The zero-order valence-electron chi connectivity index (χ0n) is 44.0. The first-order chi connectivity index (χ1) is 32.5. The van der Waals surface area contributed by atoms with Crippen LogP contribution >= 0.6 is 0 Å². The number of allylic oxidation sites excluding steroid dienone is 8. The number of rotatable bonds is 52. The lowest BCUT2D eigenvalue weighted by Crippen LogP contribution is -2.30. The Morgan fingerprint density at radius 2 is 0.591 bits per heavy atom. The molecule has 0 bridgehead atoms. The Morgan fingerprint density at radius 1 is 0.318 bits per heavy atom. The van der Waals surface area contributed by atoms with Crippen LogP contribution in [-0.4, -0.2) is 37.2 Å². The predicted octanol–water partition coefficient (Wildman–Crippen LogP) is 19.0. The minimum Gasteiger partial charge on any atom is -0.462 e. The third-order valence-electron chi connectivity index (χ3n) is 12.6. The Bertz CT molecular complexity index is 1150. The van der Waals surface area contributed by atoms with E-state index in [1.807, 2.05) is 0 Å². The van der Waals surface area contributed by atoms with Gasteiger partial charge < -0.3 is 14.2 Å². The summed E-state index contributed by atoms with van der Waals surface area (Å²) in [5, 5.41) is 0. The maximum absolute atomic E-state index is 12.8. The highest BCUT2D eigenvalue weighted by atomic mass is 16.6. The third kappa shape index (κ3) is 52.3. The molecule has 6 nitrogen and oxygen atoms in total. The monoisotopic (exact) mass is 925 g/mol. The first kappa shape index (κ1) is 63.4. The van der Waals surface area contributed by atoms with E-state index in [2.05, 4.69) is 69.4 Å².